The van der Waals surface area contributed by atoms with Gasteiger partial charge in [0.1, 0.15) is 0 Å². The molecule has 0 aliphatic rings. The fourth-order valence-corrected chi connectivity index (χ4v) is 1.19. The molecule has 0 rings (SSSR count). The highest BCUT2D eigenvalue weighted by atomic mass is 14.9. The number of hydrogen-bond donors (Lipinski definition) is 2. The predicted molar refractivity (Wildman–Crippen MR) is 59.7 cm³/mol. The van der Waals surface area contributed by atoms with Crippen LogP contribution in [0.1, 0.15) is 33.6 Å². The van der Waals surface area contributed by atoms with Gasteiger partial charge in [-0.2, -0.15) is 0 Å². The fraction of sp³-hybridized carbons (Fsp3) is 0.818. The normalized spacial score (nSPS) is 16.3. The SMILES string of the molecule is CC=CCC(C)NCC(CC)CN. The quantitative estimate of drug-likeness (QED) is 0.593. The van der Waals surface area contributed by atoms with E-state index in [1.165, 1.54) is 6.42 Å². The van der Waals surface area contributed by atoms with Crippen LogP contribution in [-0.4, -0.2) is 19.1 Å². The maximum atomic E-state index is 5.62. The molecule has 0 saturated heterocycles. The Morgan fingerprint density at radius 3 is 2.62 bits per heavy atom. The largest absolute Gasteiger partial charge is 0.330 e. The Kier molecular flexibility index (Phi) is 8.05. The zero-order valence-electron chi connectivity index (χ0n) is 9.22. The Morgan fingerprint density at radius 2 is 2.15 bits per heavy atom. The average molecular weight is 184 g/mol. The molecule has 0 aromatic heterocycles. The lowest BCUT2D eigenvalue weighted by Crippen LogP contribution is -2.33. The minimum atomic E-state index is 0.566. The first-order valence-corrected chi connectivity index (χ1v) is 5.29. The standard InChI is InChI=1S/C11H24N2/c1-4-6-7-10(3)13-9-11(5-2)8-12/h4,6,10-11,13H,5,7-9,12H2,1-3H3. The van der Waals surface area contributed by atoms with Crippen molar-refractivity contribution in [3.05, 3.63) is 12.2 Å². The van der Waals surface area contributed by atoms with Gasteiger partial charge in [-0.3, -0.25) is 0 Å². The van der Waals surface area contributed by atoms with Gasteiger partial charge in [-0.05, 0) is 39.3 Å². The molecule has 0 aliphatic carbocycles. The number of allylic oxidation sites excluding steroid dienone is 1. The van der Waals surface area contributed by atoms with E-state index in [1.807, 2.05) is 0 Å². The van der Waals surface area contributed by atoms with Gasteiger partial charge in [0.2, 0.25) is 0 Å². The van der Waals surface area contributed by atoms with E-state index < -0.39 is 0 Å². The van der Waals surface area contributed by atoms with Crippen molar-refractivity contribution in [2.24, 2.45) is 11.7 Å². The molecule has 3 N–H and O–H groups in total. The van der Waals surface area contributed by atoms with E-state index in [-0.39, 0.29) is 0 Å². The summed E-state index contributed by atoms with van der Waals surface area (Å²) < 4.78 is 0. The molecular formula is C11H24N2. The van der Waals surface area contributed by atoms with E-state index in [4.69, 9.17) is 5.73 Å². The third kappa shape index (κ3) is 6.79. The van der Waals surface area contributed by atoms with Crippen LogP contribution in [0.3, 0.4) is 0 Å². The van der Waals surface area contributed by atoms with Gasteiger partial charge < -0.3 is 11.1 Å². The molecule has 0 fully saturated rings. The summed E-state index contributed by atoms with van der Waals surface area (Å²) in [6.07, 6.45) is 6.57. The molecule has 0 spiro atoms. The van der Waals surface area contributed by atoms with E-state index in [0.29, 0.717) is 12.0 Å². The van der Waals surface area contributed by atoms with Crippen molar-refractivity contribution in [2.75, 3.05) is 13.1 Å². The molecule has 0 bridgehead atoms. The lowest BCUT2D eigenvalue weighted by molar-refractivity contribution is 0.435. The van der Waals surface area contributed by atoms with Crippen molar-refractivity contribution >= 4 is 0 Å². The Morgan fingerprint density at radius 1 is 1.46 bits per heavy atom. The lowest BCUT2D eigenvalue weighted by Gasteiger charge is -2.17. The highest BCUT2D eigenvalue weighted by Gasteiger charge is 2.04. The molecule has 13 heavy (non-hydrogen) atoms. The summed E-state index contributed by atoms with van der Waals surface area (Å²) in [5.41, 5.74) is 5.62. The van der Waals surface area contributed by atoms with Crippen LogP contribution in [0.15, 0.2) is 12.2 Å². The van der Waals surface area contributed by atoms with Crippen molar-refractivity contribution in [3.8, 4) is 0 Å². The Labute approximate surface area is 82.6 Å². The minimum absolute atomic E-state index is 0.566. The van der Waals surface area contributed by atoms with Gasteiger partial charge in [0.15, 0.2) is 0 Å². The Balaban J connectivity index is 3.49. The Bertz CT molecular complexity index is 128. The van der Waals surface area contributed by atoms with Crippen LogP contribution >= 0.6 is 0 Å². The summed E-state index contributed by atoms with van der Waals surface area (Å²) in [7, 11) is 0. The van der Waals surface area contributed by atoms with Gasteiger partial charge in [0.25, 0.3) is 0 Å². The molecule has 0 amide bonds. The second-order valence-electron chi connectivity index (χ2n) is 3.62. The highest BCUT2D eigenvalue weighted by molar-refractivity contribution is 4.81. The first-order valence-electron chi connectivity index (χ1n) is 5.29. The lowest BCUT2D eigenvalue weighted by atomic mass is 10.1. The van der Waals surface area contributed by atoms with Crippen molar-refractivity contribution in [3.63, 3.8) is 0 Å². The molecule has 0 aromatic carbocycles. The molecule has 0 saturated carbocycles. The molecule has 78 valence electrons. The molecule has 2 heteroatoms. The van der Waals surface area contributed by atoms with E-state index in [2.05, 4.69) is 38.2 Å². The number of nitrogens with one attached hydrogen (secondary N) is 1. The van der Waals surface area contributed by atoms with E-state index in [1.54, 1.807) is 0 Å². The summed E-state index contributed by atoms with van der Waals surface area (Å²) in [5, 5.41) is 3.49. The topological polar surface area (TPSA) is 38.0 Å². The van der Waals surface area contributed by atoms with Crippen molar-refractivity contribution < 1.29 is 0 Å². The minimum Gasteiger partial charge on any atom is -0.330 e. The first kappa shape index (κ1) is 12.7. The van der Waals surface area contributed by atoms with Crippen LogP contribution < -0.4 is 11.1 Å². The third-order valence-electron chi connectivity index (χ3n) is 2.39. The predicted octanol–water partition coefficient (Wildman–Crippen LogP) is 1.92. The summed E-state index contributed by atoms with van der Waals surface area (Å²) in [4.78, 5) is 0. The first-order chi connectivity index (χ1) is 6.24. The summed E-state index contributed by atoms with van der Waals surface area (Å²) in [5.74, 6) is 0.632. The smallest absolute Gasteiger partial charge is 0.00733 e. The van der Waals surface area contributed by atoms with Crippen molar-refractivity contribution in [1.82, 2.24) is 5.32 Å². The van der Waals surface area contributed by atoms with Crippen LogP contribution in [0.2, 0.25) is 0 Å². The highest BCUT2D eigenvalue weighted by Crippen LogP contribution is 1.99. The molecule has 0 aliphatic heterocycles. The van der Waals surface area contributed by atoms with E-state index in [0.717, 1.165) is 19.5 Å². The van der Waals surface area contributed by atoms with Crippen LogP contribution in [-0.2, 0) is 0 Å². The summed E-state index contributed by atoms with van der Waals surface area (Å²) >= 11 is 0. The molecule has 2 nitrogen and oxygen atoms in total. The molecule has 0 radical (unpaired) electrons. The van der Waals surface area contributed by atoms with Gasteiger partial charge in [0, 0.05) is 6.04 Å². The van der Waals surface area contributed by atoms with Gasteiger partial charge in [-0.1, -0.05) is 25.5 Å². The summed E-state index contributed by atoms with van der Waals surface area (Å²) in [6, 6.07) is 0.566. The molecule has 0 aromatic rings. The molecule has 0 heterocycles. The fourth-order valence-electron chi connectivity index (χ4n) is 1.19. The summed E-state index contributed by atoms with van der Waals surface area (Å²) in [6.45, 7) is 8.30. The van der Waals surface area contributed by atoms with Crippen molar-refractivity contribution in [2.45, 2.75) is 39.7 Å². The molecule has 2 unspecified atom stereocenters. The zero-order chi connectivity index (χ0) is 10.1. The monoisotopic (exact) mass is 184 g/mol. The van der Waals surface area contributed by atoms with Crippen LogP contribution in [0, 0.1) is 5.92 Å². The van der Waals surface area contributed by atoms with Gasteiger partial charge in [-0.25, -0.2) is 0 Å². The Hall–Kier alpha value is -0.340. The van der Waals surface area contributed by atoms with Gasteiger partial charge >= 0.3 is 0 Å². The van der Waals surface area contributed by atoms with Gasteiger partial charge in [0.05, 0.1) is 0 Å². The maximum Gasteiger partial charge on any atom is 0.00733 e. The van der Waals surface area contributed by atoms with Crippen molar-refractivity contribution in [1.29, 1.82) is 0 Å². The molecule has 2 atom stereocenters. The van der Waals surface area contributed by atoms with Crippen LogP contribution in [0.5, 0.6) is 0 Å². The van der Waals surface area contributed by atoms with E-state index >= 15 is 0 Å². The second kappa shape index (κ2) is 8.27. The maximum absolute atomic E-state index is 5.62. The number of nitrogens with two attached hydrogens (primary N) is 1. The van der Waals surface area contributed by atoms with E-state index in [9.17, 15) is 0 Å². The van der Waals surface area contributed by atoms with Crippen LogP contribution in [0.25, 0.3) is 0 Å². The number of rotatable bonds is 7. The van der Waals surface area contributed by atoms with Crippen LogP contribution in [0.4, 0.5) is 0 Å². The van der Waals surface area contributed by atoms with Gasteiger partial charge in [-0.15, -0.1) is 0 Å². The average Bonchev–Trinajstić information content (AvgIpc) is 2.16. The second-order valence-corrected chi connectivity index (χ2v) is 3.62. The number of hydrogen-bond acceptors (Lipinski definition) is 2. The third-order valence-corrected chi connectivity index (χ3v) is 2.39. The molecular weight excluding hydrogens is 160 g/mol. The zero-order valence-corrected chi connectivity index (χ0v) is 9.22.